The van der Waals surface area contributed by atoms with Crippen molar-refractivity contribution in [1.29, 1.82) is 0 Å². The lowest BCUT2D eigenvalue weighted by Crippen LogP contribution is -2.26. The van der Waals surface area contributed by atoms with Crippen molar-refractivity contribution in [2.75, 3.05) is 14.2 Å². The van der Waals surface area contributed by atoms with Gasteiger partial charge in [-0.1, -0.05) is 12.1 Å². The minimum absolute atomic E-state index is 0.136. The Balaban J connectivity index is 1.94. The minimum atomic E-state index is -0.269. The largest absolute Gasteiger partial charge is 0.493 e. The first-order valence-electron chi connectivity index (χ1n) is 8.62. The fourth-order valence-electron chi connectivity index (χ4n) is 3.14. The van der Waals surface area contributed by atoms with E-state index < -0.39 is 0 Å². The Morgan fingerprint density at radius 3 is 2.67 bits per heavy atom. The van der Waals surface area contributed by atoms with Crippen LogP contribution in [0.15, 0.2) is 35.3 Å². The highest BCUT2D eigenvalue weighted by Crippen LogP contribution is 2.31. The van der Waals surface area contributed by atoms with Crippen molar-refractivity contribution in [3.8, 4) is 11.5 Å². The molecule has 3 aromatic rings. The number of nitrogens with zero attached hydrogens (tertiary/aromatic N) is 1. The van der Waals surface area contributed by atoms with E-state index >= 15 is 0 Å². The Kier molecular flexibility index (Phi) is 5.51. The van der Waals surface area contributed by atoms with Crippen LogP contribution in [0.3, 0.4) is 0 Å². The van der Waals surface area contributed by atoms with Crippen molar-refractivity contribution >= 4 is 27.3 Å². The molecule has 0 bridgehead atoms. The van der Waals surface area contributed by atoms with Gasteiger partial charge in [-0.25, -0.2) is 0 Å². The molecule has 0 radical (unpaired) electrons. The van der Waals surface area contributed by atoms with E-state index in [0.29, 0.717) is 29.0 Å². The number of hydrogen-bond donors (Lipinski definition) is 1. The topological polar surface area (TPSA) is 69.6 Å². The normalized spacial score (nSPS) is 10.8. The summed E-state index contributed by atoms with van der Waals surface area (Å²) in [5.41, 5.74) is 1.11. The Bertz CT molecular complexity index is 1050. The number of amides is 1. The number of pyridine rings is 1. The standard InChI is InChI=1S/C20H22N2O4S/c1-5-22-10-9-15-17(20(22)24)16(12(2)27-15)19(23)21-11-13-7-6-8-14(25-3)18(13)26-4/h6-10H,5,11H2,1-4H3,(H,21,23). The highest BCUT2D eigenvalue weighted by molar-refractivity contribution is 7.19. The number of carbonyl (C=O) groups is 1. The second-order valence-corrected chi connectivity index (χ2v) is 7.27. The first-order chi connectivity index (χ1) is 13.0. The Hall–Kier alpha value is -2.80. The molecule has 0 aliphatic heterocycles. The number of methoxy groups -OCH3 is 2. The third-order valence-electron chi connectivity index (χ3n) is 4.48. The van der Waals surface area contributed by atoms with E-state index in [1.807, 2.05) is 32.0 Å². The molecule has 0 aliphatic rings. The molecule has 1 aromatic carbocycles. The summed E-state index contributed by atoms with van der Waals surface area (Å²) in [5.74, 6) is 0.919. The third kappa shape index (κ3) is 3.42. The molecule has 7 heteroatoms. The van der Waals surface area contributed by atoms with Crippen LogP contribution >= 0.6 is 11.3 Å². The second kappa shape index (κ2) is 7.84. The van der Waals surface area contributed by atoms with Crippen LogP contribution in [0.25, 0.3) is 10.1 Å². The number of hydrogen-bond acceptors (Lipinski definition) is 5. The van der Waals surface area contributed by atoms with Gasteiger partial charge in [0.05, 0.1) is 25.2 Å². The molecule has 1 N–H and O–H groups in total. The molecule has 3 rings (SSSR count). The summed E-state index contributed by atoms with van der Waals surface area (Å²) in [7, 11) is 3.13. The molecule has 0 unspecified atom stereocenters. The maximum atomic E-state index is 12.9. The van der Waals surface area contributed by atoms with E-state index in [1.54, 1.807) is 31.0 Å². The Morgan fingerprint density at radius 2 is 2.00 bits per heavy atom. The number of fused-ring (bicyclic) bond motifs is 1. The van der Waals surface area contributed by atoms with Crippen LogP contribution in [0, 0.1) is 6.92 Å². The summed E-state index contributed by atoms with van der Waals surface area (Å²) in [6.07, 6.45) is 1.77. The Labute approximate surface area is 161 Å². The van der Waals surface area contributed by atoms with Gasteiger partial charge in [0.2, 0.25) is 0 Å². The fourth-order valence-corrected chi connectivity index (χ4v) is 4.19. The quantitative estimate of drug-likeness (QED) is 0.705. The molecule has 0 saturated carbocycles. The molecule has 2 heterocycles. The van der Waals surface area contributed by atoms with E-state index in [4.69, 9.17) is 9.47 Å². The van der Waals surface area contributed by atoms with Crippen molar-refractivity contribution in [3.63, 3.8) is 0 Å². The minimum Gasteiger partial charge on any atom is -0.493 e. The van der Waals surface area contributed by atoms with Crippen LogP contribution in [-0.2, 0) is 13.1 Å². The van der Waals surface area contributed by atoms with E-state index in [2.05, 4.69) is 5.32 Å². The zero-order chi connectivity index (χ0) is 19.6. The molecule has 142 valence electrons. The zero-order valence-corrected chi connectivity index (χ0v) is 16.6. The number of rotatable bonds is 6. The monoisotopic (exact) mass is 386 g/mol. The van der Waals surface area contributed by atoms with Crippen LogP contribution < -0.4 is 20.3 Å². The molecule has 27 heavy (non-hydrogen) atoms. The average Bonchev–Trinajstić information content (AvgIpc) is 3.02. The van der Waals surface area contributed by atoms with E-state index in [0.717, 1.165) is 15.1 Å². The smallest absolute Gasteiger partial charge is 0.260 e. The predicted octanol–water partition coefficient (Wildman–Crippen LogP) is 3.34. The van der Waals surface area contributed by atoms with Gasteiger partial charge in [-0.15, -0.1) is 11.3 Å². The number of aromatic nitrogens is 1. The lowest BCUT2D eigenvalue weighted by Gasteiger charge is -2.13. The summed E-state index contributed by atoms with van der Waals surface area (Å²) < 4.78 is 13.1. The molecular weight excluding hydrogens is 364 g/mol. The van der Waals surface area contributed by atoms with Gasteiger partial charge in [-0.3, -0.25) is 9.59 Å². The maximum Gasteiger partial charge on any atom is 0.260 e. The number of nitrogens with one attached hydrogen (secondary N) is 1. The number of carbonyl (C=O) groups excluding carboxylic acids is 1. The summed E-state index contributed by atoms with van der Waals surface area (Å²) in [5, 5.41) is 3.39. The zero-order valence-electron chi connectivity index (χ0n) is 15.8. The van der Waals surface area contributed by atoms with Gasteiger partial charge < -0.3 is 19.4 Å². The van der Waals surface area contributed by atoms with Gasteiger partial charge >= 0.3 is 0 Å². The highest BCUT2D eigenvalue weighted by Gasteiger charge is 2.20. The number of benzene rings is 1. The van der Waals surface area contributed by atoms with Crippen molar-refractivity contribution in [2.45, 2.75) is 26.9 Å². The molecule has 0 aliphatic carbocycles. The first kappa shape index (κ1) is 19.0. The number of aryl methyl sites for hydroxylation is 2. The molecular formula is C20H22N2O4S. The number of para-hydroxylation sites is 1. The molecule has 0 spiro atoms. The molecule has 2 aromatic heterocycles. The predicted molar refractivity (Wildman–Crippen MR) is 107 cm³/mol. The van der Waals surface area contributed by atoms with Crippen LogP contribution in [0.1, 0.15) is 27.7 Å². The van der Waals surface area contributed by atoms with E-state index in [9.17, 15) is 9.59 Å². The lowest BCUT2D eigenvalue weighted by molar-refractivity contribution is 0.0952. The summed E-state index contributed by atoms with van der Waals surface area (Å²) in [6.45, 7) is 4.60. The van der Waals surface area contributed by atoms with Gasteiger partial charge in [0.15, 0.2) is 11.5 Å². The molecule has 0 fully saturated rings. The molecule has 0 saturated heterocycles. The lowest BCUT2D eigenvalue weighted by atomic mass is 10.1. The van der Waals surface area contributed by atoms with Gasteiger partial charge in [-0.2, -0.15) is 0 Å². The SMILES string of the molecule is CCn1ccc2sc(C)c(C(=O)NCc3cccc(OC)c3OC)c2c1=O. The summed E-state index contributed by atoms with van der Waals surface area (Å²) in [6, 6.07) is 7.39. The summed E-state index contributed by atoms with van der Waals surface area (Å²) in [4.78, 5) is 26.4. The van der Waals surface area contributed by atoms with Crippen LogP contribution in [-0.4, -0.2) is 24.7 Å². The van der Waals surface area contributed by atoms with E-state index in [1.165, 1.54) is 11.3 Å². The Morgan fingerprint density at radius 1 is 1.22 bits per heavy atom. The van der Waals surface area contributed by atoms with Crippen molar-refractivity contribution < 1.29 is 14.3 Å². The number of ether oxygens (including phenoxy) is 2. The highest BCUT2D eigenvalue weighted by atomic mass is 32.1. The molecule has 0 atom stereocenters. The average molecular weight is 386 g/mol. The molecule has 1 amide bonds. The van der Waals surface area contributed by atoms with Crippen molar-refractivity contribution in [1.82, 2.24) is 9.88 Å². The molecule has 6 nitrogen and oxygen atoms in total. The van der Waals surface area contributed by atoms with Crippen molar-refractivity contribution in [2.24, 2.45) is 0 Å². The van der Waals surface area contributed by atoms with Gasteiger partial charge in [0, 0.05) is 34.4 Å². The number of thiophene rings is 1. The fraction of sp³-hybridized carbons (Fsp3) is 0.300. The third-order valence-corrected chi connectivity index (χ3v) is 5.55. The second-order valence-electron chi connectivity index (χ2n) is 6.01. The van der Waals surface area contributed by atoms with Gasteiger partial charge in [0.25, 0.3) is 11.5 Å². The van der Waals surface area contributed by atoms with Gasteiger partial charge in [-0.05, 0) is 26.0 Å². The van der Waals surface area contributed by atoms with Crippen molar-refractivity contribution in [3.05, 3.63) is 56.8 Å². The van der Waals surface area contributed by atoms with Gasteiger partial charge in [0.1, 0.15) is 0 Å². The van der Waals surface area contributed by atoms with Crippen LogP contribution in [0.5, 0.6) is 11.5 Å². The maximum absolute atomic E-state index is 12.9. The van der Waals surface area contributed by atoms with E-state index in [-0.39, 0.29) is 18.0 Å². The first-order valence-corrected chi connectivity index (χ1v) is 9.44. The summed E-state index contributed by atoms with van der Waals surface area (Å²) >= 11 is 1.46. The van der Waals surface area contributed by atoms with Crippen LogP contribution in [0.2, 0.25) is 0 Å². The van der Waals surface area contributed by atoms with Crippen LogP contribution in [0.4, 0.5) is 0 Å².